The van der Waals surface area contributed by atoms with Crippen LogP contribution in [0.25, 0.3) is 11.1 Å². The van der Waals surface area contributed by atoms with Crippen molar-refractivity contribution in [3.05, 3.63) is 82.0 Å². The minimum absolute atomic E-state index is 0.305. The first-order chi connectivity index (χ1) is 12.7. The van der Waals surface area contributed by atoms with Gasteiger partial charge in [0.05, 0.1) is 0 Å². The summed E-state index contributed by atoms with van der Waals surface area (Å²) in [6, 6.07) is 20.4. The van der Waals surface area contributed by atoms with Crippen LogP contribution in [0.3, 0.4) is 0 Å². The number of hydrogen-bond donors (Lipinski definition) is 1. The molecule has 1 aromatic heterocycles. The SMILES string of the molecule is N#Cc1c(N)nc2c(c1-c1cccc(Cl)c1)CC(c1ccccc1)CC2. The van der Waals surface area contributed by atoms with Gasteiger partial charge in [-0.1, -0.05) is 54.1 Å². The predicted molar refractivity (Wildman–Crippen MR) is 105 cm³/mol. The van der Waals surface area contributed by atoms with E-state index in [0.717, 1.165) is 41.6 Å². The Labute approximate surface area is 158 Å². The summed E-state index contributed by atoms with van der Waals surface area (Å²) in [6.45, 7) is 0. The molecule has 2 N–H and O–H groups in total. The van der Waals surface area contributed by atoms with E-state index in [1.807, 2.05) is 30.3 Å². The van der Waals surface area contributed by atoms with Gasteiger partial charge in [-0.15, -0.1) is 0 Å². The Balaban J connectivity index is 1.89. The molecule has 3 aromatic rings. The van der Waals surface area contributed by atoms with Gasteiger partial charge in [0, 0.05) is 16.3 Å². The lowest BCUT2D eigenvalue weighted by Gasteiger charge is -2.27. The number of aryl methyl sites for hydroxylation is 1. The van der Waals surface area contributed by atoms with Crippen LogP contribution >= 0.6 is 11.6 Å². The Morgan fingerprint density at radius 3 is 2.65 bits per heavy atom. The molecule has 0 saturated heterocycles. The summed E-state index contributed by atoms with van der Waals surface area (Å²) >= 11 is 6.21. The fourth-order valence-corrected chi connectivity index (χ4v) is 4.05. The van der Waals surface area contributed by atoms with E-state index in [-0.39, 0.29) is 0 Å². The molecule has 0 amide bonds. The Kier molecular flexibility index (Phi) is 4.36. The first-order valence-electron chi connectivity index (χ1n) is 8.69. The Morgan fingerprint density at radius 1 is 1.12 bits per heavy atom. The molecule has 3 nitrogen and oxygen atoms in total. The van der Waals surface area contributed by atoms with Gasteiger partial charge in [-0.25, -0.2) is 4.98 Å². The zero-order valence-electron chi connectivity index (χ0n) is 14.2. The summed E-state index contributed by atoms with van der Waals surface area (Å²) in [6.07, 6.45) is 2.74. The molecule has 26 heavy (non-hydrogen) atoms. The molecule has 4 heteroatoms. The van der Waals surface area contributed by atoms with Gasteiger partial charge < -0.3 is 5.73 Å². The van der Waals surface area contributed by atoms with Gasteiger partial charge in [-0.2, -0.15) is 5.26 Å². The summed E-state index contributed by atoms with van der Waals surface area (Å²) in [5, 5.41) is 10.4. The van der Waals surface area contributed by atoms with Crippen molar-refractivity contribution in [1.29, 1.82) is 5.26 Å². The maximum absolute atomic E-state index is 9.71. The number of rotatable bonds is 2. The summed E-state index contributed by atoms with van der Waals surface area (Å²) < 4.78 is 0. The number of nitriles is 1. The standard InChI is InChI=1S/C22H18ClN3/c23-17-8-4-7-16(11-17)21-18-12-15(14-5-2-1-3-6-14)9-10-20(18)26-22(25)19(21)13-24/h1-8,11,15H,9-10,12H2,(H2,25,26). The van der Waals surface area contributed by atoms with E-state index >= 15 is 0 Å². The van der Waals surface area contributed by atoms with Crippen LogP contribution in [0.2, 0.25) is 5.02 Å². The molecule has 4 rings (SSSR count). The third kappa shape index (κ3) is 2.94. The van der Waals surface area contributed by atoms with Crippen LogP contribution in [-0.2, 0) is 12.8 Å². The predicted octanol–water partition coefficient (Wildman–Crippen LogP) is 5.13. The van der Waals surface area contributed by atoms with Crippen molar-refractivity contribution in [1.82, 2.24) is 4.98 Å². The number of pyridine rings is 1. The number of hydrogen-bond acceptors (Lipinski definition) is 3. The number of fused-ring (bicyclic) bond motifs is 1. The highest BCUT2D eigenvalue weighted by molar-refractivity contribution is 6.30. The lowest BCUT2D eigenvalue weighted by molar-refractivity contribution is 0.576. The molecular formula is C22H18ClN3. The Bertz CT molecular complexity index is 1010. The number of aromatic nitrogens is 1. The number of halogens is 1. The zero-order chi connectivity index (χ0) is 18.1. The second kappa shape index (κ2) is 6.82. The van der Waals surface area contributed by atoms with Crippen molar-refractivity contribution < 1.29 is 0 Å². The van der Waals surface area contributed by atoms with Crippen LogP contribution < -0.4 is 5.73 Å². The van der Waals surface area contributed by atoms with Gasteiger partial charge >= 0.3 is 0 Å². The first kappa shape index (κ1) is 16.6. The van der Waals surface area contributed by atoms with E-state index in [0.29, 0.717) is 22.3 Å². The van der Waals surface area contributed by atoms with Crippen molar-refractivity contribution in [2.75, 3.05) is 5.73 Å². The highest BCUT2D eigenvalue weighted by atomic mass is 35.5. The molecule has 0 bridgehead atoms. The van der Waals surface area contributed by atoms with E-state index in [4.69, 9.17) is 17.3 Å². The van der Waals surface area contributed by atoms with Gasteiger partial charge in [0.2, 0.25) is 0 Å². The molecule has 0 fully saturated rings. The molecule has 2 aromatic carbocycles. The fraction of sp³-hybridized carbons (Fsp3) is 0.182. The highest BCUT2D eigenvalue weighted by Gasteiger charge is 2.27. The Morgan fingerprint density at radius 2 is 1.92 bits per heavy atom. The number of anilines is 1. The average Bonchev–Trinajstić information content (AvgIpc) is 2.67. The number of benzene rings is 2. The third-order valence-corrected chi connectivity index (χ3v) is 5.32. The smallest absolute Gasteiger partial charge is 0.142 e. The normalized spacial score (nSPS) is 15.9. The fourth-order valence-electron chi connectivity index (χ4n) is 3.86. The van der Waals surface area contributed by atoms with E-state index in [1.54, 1.807) is 0 Å². The van der Waals surface area contributed by atoms with Crippen LogP contribution in [0.4, 0.5) is 5.82 Å². The molecule has 1 atom stereocenters. The van der Waals surface area contributed by atoms with Gasteiger partial charge in [0.15, 0.2) is 0 Å². The van der Waals surface area contributed by atoms with Gasteiger partial charge in [-0.3, -0.25) is 0 Å². The topological polar surface area (TPSA) is 62.7 Å². The number of nitrogens with zero attached hydrogens (tertiary/aromatic N) is 2. The molecule has 0 aliphatic heterocycles. The number of nitrogens with two attached hydrogens (primary N) is 1. The molecule has 0 radical (unpaired) electrons. The first-order valence-corrected chi connectivity index (χ1v) is 9.07. The third-order valence-electron chi connectivity index (χ3n) is 5.09. The molecule has 1 heterocycles. The largest absolute Gasteiger partial charge is 0.383 e. The van der Waals surface area contributed by atoms with Crippen LogP contribution in [0.5, 0.6) is 0 Å². The molecule has 0 saturated carbocycles. The molecule has 1 unspecified atom stereocenters. The summed E-state index contributed by atoms with van der Waals surface area (Å²) in [4.78, 5) is 4.54. The quantitative estimate of drug-likeness (QED) is 0.690. The Hall–Kier alpha value is -2.83. The maximum atomic E-state index is 9.71. The van der Waals surface area contributed by atoms with Crippen LogP contribution in [0, 0.1) is 11.3 Å². The van der Waals surface area contributed by atoms with Crippen LogP contribution in [0.1, 0.15) is 34.7 Å². The molecule has 1 aliphatic carbocycles. The van der Waals surface area contributed by atoms with Crippen molar-refractivity contribution in [2.24, 2.45) is 0 Å². The van der Waals surface area contributed by atoms with Crippen molar-refractivity contribution in [2.45, 2.75) is 25.2 Å². The van der Waals surface area contributed by atoms with E-state index < -0.39 is 0 Å². The second-order valence-corrected chi connectivity index (χ2v) is 7.08. The molecular weight excluding hydrogens is 342 g/mol. The second-order valence-electron chi connectivity index (χ2n) is 6.64. The molecule has 0 spiro atoms. The van der Waals surface area contributed by atoms with E-state index in [2.05, 4.69) is 35.3 Å². The lowest BCUT2D eigenvalue weighted by Crippen LogP contribution is -2.17. The van der Waals surface area contributed by atoms with E-state index in [9.17, 15) is 5.26 Å². The van der Waals surface area contributed by atoms with Gasteiger partial charge in [0.1, 0.15) is 17.5 Å². The lowest BCUT2D eigenvalue weighted by atomic mass is 9.78. The maximum Gasteiger partial charge on any atom is 0.142 e. The van der Waals surface area contributed by atoms with Crippen molar-refractivity contribution in [3.8, 4) is 17.2 Å². The van der Waals surface area contributed by atoms with Gasteiger partial charge in [-0.05, 0) is 54.0 Å². The van der Waals surface area contributed by atoms with Crippen molar-refractivity contribution in [3.63, 3.8) is 0 Å². The van der Waals surface area contributed by atoms with E-state index in [1.165, 1.54) is 5.56 Å². The monoisotopic (exact) mass is 359 g/mol. The summed E-state index contributed by atoms with van der Waals surface area (Å²) in [5.41, 5.74) is 11.8. The molecule has 1 aliphatic rings. The zero-order valence-corrected chi connectivity index (χ0v) is 15.0. The summed E-state index contributed by atoms with van der Waals surface area (Å²) in [7, 11) is 0. The minimum atomic E-state index is 0.305. The highest BCUT2D eigenvalue weighted by Crippen LogP contribution is 2.40. The average molecular weight is 360 g/mol. The van der Waals surface area contributed by atoms with Crippen LogP contribution in [-0.4, -0.2) is 4.98 Å². The van der Waals surface area contributed by atoms with Crippen molar-refractivity contribution >= 4 is 17.4 Å². The number of nitrogen functional groups attached to an aromatic ring is 1. The van der Waals surface area contributed by atoms with Gasteiger partial charge in [0.25, 0.3) is 0 Å². The molecule has 128 valence electrons. The minimum Gasteiger partial charge on any atom is -0.383 e. The van der Waals surface area contributed by atoms with Crippen LogP contribution in [0.15, 0.2) is 54.6 Å². The summed E-state index contributed by atoms with van der Waals surface area (Å²) in [5.74, 6) is 0.720.